The Kier molecular flexibility index (Phi) is 7.87. The summed E-state index contributed by atoms with van der Waals surface area (Å²) in [5.74, 6) is 0.586. The molecule has 0 saturated carbocycles. The van der Waals surface area contributed by atoms with Crippen LogP contribution >= 0.6 is 0 Å². The molecule has 2 rings (SSSR count). The number of carbonyl (C=O) groups excluding carboxylic acids is 2. The number of methoxy groups -OCH3 is 1. The van der Waals surface area contributed by atoms with Gasteiger partial charge >= 0.3 is 0 Å². The van der Waals surface area contributed by atoms with E-state index >= 15 is 0 Å². The van der Waals surface area contributed by atoms with Crippen LogP contribution in [0.4, 0.5) is 0 Å². The molecule has 6 heteroatoms. The maximum atomic E-state index is 12.7. The predicted molar refractivity (Wildman–Crippen MR) is 109 cm³/mol. The van der Waals surface area contributed by atoms with Gasteiger partial charge in [0.2, 0.25) is 5.91 Å². The highest BCUT2D eigenvalue weighted by molar-refractivity contribution is 5.99. The molecule has 2 aromatic rings. The highest BCUT2D eigenvalue weighted by Crippen LogP contribution is 2.18. The van der Waals surface area contributed by atoms with Gasteiger partial charge in [-0.3, -0.25) is 9.59 Å². The zero-order valence-corrected chi connectivity index (χ0v) is 16.8. The zero-order valence-electron chi connectivity index (χ0n) is 16.8. The first-order chi connectivity index (χ1) is 13.5. The van der Waals surface area contributed by atoms with Gasteiger partial charge in [0, 0.05) is 6.54 Å². The molecule has 1 atom stereocenters. The third-order valence-corrected chi connectivity index (χ3v) is 4.27. The fourth-order valence-corrected chi connectivity index (χ4v) is 2.77. The molecule has 0 saturated heterocycles. The van der Waals surface area contributed by atoms with Crippen molar-refractivity contribution in [2.24, 2.45) is 5.92 Å². The van der Waals surface area contributed by atoms with Crippen LogP contribution in [0.5, 0.6) is 11.5 Å². The van der Waals surface area contributed by atoms with Crippen molar-refractivity contribution in [1.29, 1.82) is 0 Å². The predicted octanol–water partition coefficient (Wildman–Crippen LogP) is 3.16. The minimum atomic E-state index is -0.659. The summed E-state index contributed by atoms with van der Waals surface area (Å²) in [4.78, 5) is 25.4. The molecule has 2 amide bonds. The van der Waals surface area contributed by atoms with Crippen molar-refractivity contribution in [2.75, 3.05) is 13.7 Å². The molecule has 0 heterocycles. The minimum absolute atomic E-state index is 0.0754. The van der Waals surface area contributed by atoms with Crippen LogP contribution in [-0.4, -0.2) is 31.6 Å². The van der Waals surface area contributed by atoms with Crippen molar-refractivity contribution in [1.82, 2.24) is 10.6 Å². The van der Waals surface area contributed by atoms with E-state index in [9.17, 15) is 9.59 Å². The van der Waals surface area contributed by atoms with E-state index in [1.165, 1.54) is 0 Å². The molecular weight excluding hydrogens is 356 g/mol. The maximum absolute atomic E-state index is 12.7. The number of nitrogens with one attached hydrogen (secondary N) is 2. The van der Waals surface area contributed by atoms with E-state index in [4.69, 9.17) is 9.47 Å². The van der Waals surface area contributed by atoms with Gasteiger partial charge in [-0.2, -0.15) is 0 Å². The fraction of sp³-hybridized carbons (Fsp3) is 0.364. The van der Waals surface area contributed by atoms with E-state index in [1.807, 2.05) is 51.1 Å². The lowest BCUT2D eigenvalue weighted by Crippen LogP contribution is -2.49. The fourth-order valence-electron chi connectivity index (χ4n) is 2.77. The average Bonchev–Trinajstić information content (AvgIpc) is 2.70. The van der Waals surface area contributed by atoms with Gasteiger partial charge in [-0.05, 0) is 42.7 Å². The van der Waals surface area contributed by atoms with Gasteiger partial charge in [0.15, 0.2) is 0 Å². The van der Waals surface area contributed by atoms with Crippen LogP contribution in [-0.2, 0) is 11.3 Å². The second-order valence-electron chi connectivity index (χ2n) is 6.69. The van der Waals surface area contributed by atoms with Gasteiger partial charge in [0.05, 0.1) is 19.3 Å². The number of benzene rings is 2. The van der Waals surface area contributed by atoms with Crippen molar-refractivity contribution in [3.05, 3.63) is 59.7 Å². The van der Waals surface area contributed by atoms with E-state index in [0.717, 1.165) is 11.3 Å². The molecule has 150 valence electrons. The summed E-state index contributed by atoms with van der Waals surface area (Å²) in [7, 11) is 1.60. The molecule has 0 aliphatic carbocycles. The quantitative estimate of drug-likeness (QED) is 0.696. The van der Waals surface area contributed by atoms with Crippen LogP contribution < -0.4 is 20.1 Å². The molecule has 2 N–H and O–H groups in total. The van der Waals surface area contributed by atoms with Crippen LogP contribution in [0.3, 0.4) is 0 Å². The second-order valence-corrected chi connectivity index (χ2v) is 6.69. The Labute approximate surface area is 166 Å². The number of carbonyl (C=O) groups is 2. The molecule has 0 radical (unpaired) electrons. The molecule has 0 spiro atoms. The Bertz CT molecular complexity index is 805. The second kappa shape index (κ2) is 10.3. The molecule has 0 aliphatic rings. The third-order valence-electron chi connectivity index (χ3n) is 4.27. The Hall–Kier alpha value is -3.02. The standard InChI is InChI=1S/C22H28N2O4/c1-5-28-19-12-7-6-11-18(19)21(25)24-20(15(2)3)22(26)23-14-16-9-8-10-17(13-16)27-4/h6-13,15,20H,5,14H2,1-4H3,(H,23,26)(H,24,25). The van der Waals surface area contributed by atoms with Crippen LogP contribution in [0.25, 0.3) is 0 Å². The lowest BCUT2D eigenvalue weighted by molar-refractivity contribution is -0.124. The van der Waals surface area contributed by atoms with Crippen LogP contribution in [0.2, 0.25) is 0 Å². The van der Waals surface area contributed by atoms with Crippen molar-refractivity contribution >= 4 is 11.8 Å². The summed E-state index contributed by atoms with van der Waals surface area (Å²) in [5, 5.41) is 5.72. The number of amides is 2. The third kappa shape index (κ3) is 5.74. The highest BCUT2D eigenvalue weighted by atomic mass is 16.5. The molecule has 0 bridgehead atoms. The largest absolute Gasteiger partial charge is 0.497 e. The Morgan fingerprint density at radius 2 is 1.82 bits per heavy atom. The van der Waals surface area contributed by atoms with Crippen LogP contribution in [0.1, 0.15) is 36.7 Å². The molecular formula is C22H28N2O4. The normalized spacial score (nSPS) is 11.6. The lowest BCUT2D eigenvalue weighted by Gasteiger charge is -2.22. The maximum Gasteiger partial charge on any atom is 0.255 e. The lowest BCUT2D eigenvalue weighted by atomic mass is 10.0. The monoisotopic (exact) mass is 384 g/mol. The molecule has 1 unspecified atom stereocenters. The van der Waals surface area contributed by atoms with Crippen molar-refractivity contribution in [2.45, 2.75) is 33.4 Å². The summed E-state index contributed by atoms with van der Waals surface area (Å²) in [6, 6.07) is 13.8. The van der Waals surface area contributed by atoms with E-state index < -0.39 is 6.04 Å². The first-order valence-electron chi connectivity index (χ1n) is 9.39. The summed E-state index contributed by atoms with van der Waals surface area (Å²) < 4.78 is 10.7. The number of hydrogen-bond donors (Lipinski definition) is 2. The Balaban J connectivity index is 2.05. The highest BCUT2D eigenvalue weighted by Gasteiger charge is 2.25. The summed E-state index contributed by atoms with van der Waals surface area (Å²) in [6.07, 6.45) is 0. The van der Waals surface area contributed by atoms with E-state index in [-0.39, 0.29) is 17.7 Å². The minimum Gasteiger partial charge on any atom is -0.497 e. The summed E-state index contributed by atoms with van der Waals surface area (Å²) >= 11 is 0. The molecule has 0 aliphatic heterocycles. The topological polar surface area (TPSA) is 76.7 Å². The Morgan fingerprint density at radius 3 is 2.50 bits per heavy atom. The van der Waals surface area contributed by atoms with Crippen molar-refractivity contribution in [3.63, 3.8) is 0 Å². The van der Waals surface area contributed by atoms with Crippen molar-refractivity contribution in [3.8, 4) is 11.5 Å². The van der Waals surface area contributed by atoms with Gasteiger partial charge in [-0.25, -0.2) is 0 Å². The van der Waals surface area contributed by atoms with E-state index in [2.05, 4.69) is 10.6 Å². The molecule has 0 aromatic heterocycles. The van der Waals surface area contributed by atoms with Gasteiger partial charge in [-0.1, -0.05) is 38.1 Å². The first kappa shape index (κ1) is 21.3. The Morgan fingerprint density at radius 1 is 1.07 bits per heavy atom. The zero-order chi connectivity index (χ0) is 20.5. The van der Waals surface area contributed by atoms with Crippen LogP contribution in [0, 0.1) is 5.92 Å². The first-order valence-corrected chi connectivity index (χ1v) is 9.39. The molecule has 0 fully saturated rings. The number of hydrogen-bond acceptors (Lipinski definition) is 4. The van der Waals surface area contributed by atoms with Gasteiger partial charge in [-0.15, -0.1) is 0 Å². The average molecular weight is 384 g/mol. The number of para-hydroxylation sites is 1. The smallest absolute Gasteiger partial charge is 0.255 e. The molecule has 2 aromatic carbocycles. The van der Waals surface area contributed by atoms with E-state index in [1.54, 1.807) is 25.3 Å². The van der Waals surface area contributed by atoms with Crippen molar-refractivity contribution < 1.29 is 19.1 Å². The molecule has 28 heavy (non-hydrogen) atoms. The van der Waals surface area contributed by atoms with Crippen LogP contribution in [0.15, 0.2) is 48.5 Å². The molecule has 6 nitrogen and oxygen atoms in total. The summed E-state index contributed by atoms with van der Waals surface area (Å²) in [6.45, 7) is 6.45. The van der Waals surface area contributed by atoms with Gasteiger partial charge in [0.1, 0.15) is 17.5 Å². The van der Waals surface area contributed by atoms with E-state index in [0.29, 0.717) is 24.5 Å². The SMILES string of the molecule is CCOc1ccccc1C(=O)NC(C(=O)NCc1cccc(OC)c1)C(C)C. The summed E-state index contributed by atoms with van der Waals surface area (Å²) in [5.41, 5.74) is 1.33. The van der Waals surface area contributed by atoms with Gasteiger partial charge in [0.25, 0.3) is 5.91 Å². The number of rotatable bonds is 9. The number of ether oxygens (including phenoxy) is 2. The van der Waals surface area contributed by atoms with Gasteiger partial charge < -0.3 is 20.1 Å².